The number of carboxylic acid groups (broad SMARTS) is 1. The molecule has 0 aliphatic carbocycles. The van der Waals surface area contributed by atoms with Crippen molar-refractivity contribution in [2.24, 2.45) is 0 Å². The highest BCUT2D eigenvalue weighted by Crippen LogP contribution is 2.15. The molecule has 0 radical (unpaired) electrons. The van der Waals surface area contributed by atoms with Crippen molar-refractivity contribution in [1.82, 2.24) is 0 Å². The summed E-state index contributed by atoms with van der Waals surface area (Å²) in [6, 6.07) is 5.73. The minimum Gasteiger partial charge on any atom is -0.480 e. The van der Waals surface area contributed by atoms with Crippen molar-refractivity contribution in [3.63, 3.8) is 0 Å². The Bertz CT molecular complexity index is 510. The second kappa shape index (κ2) is 5.72. The topological polar surface area (TPSA) is 95.5 Å². The maximum Gasteiger partial charge on any atom is 0.326 e. The molecule has 0 aliphatic rings. The first kappa shape index (κ1) is 14.3. The summed E-state index contributed by atoms with van der Waals surface area (Å²) < 4.78 is 24.3. The lowest BCUT2D eigenvalue weighted by Crippen LogP contribution is -2.28. The summed E-state index contributed by atoms with van der Waals surface area (Å²) in [6.07, 6.45) is 1.52. The van der Waals surface area contributed by atoms with Crippen LogP contribution in [0.3, 0.4) is 0 Å². The maximum absolute atomic E-state index is 11.0. The van der Waals surface area contributed by atoms with Crippen LogP contribution >= 0.6 is 0 Å². The van der Waals surface area contributed by atoms with Gasteiger partial charge in [-0.05, 0) is 30.7 Å². The van der Waals surface area contributed by atoms with Gasteiger partial charge >= 0.3 is 5.97 Å². The first-order chi connectivity index (χ1) is 8.31. The molecule has 0 bridgehead atoms. The number of hydrogen-bond donors (Lipinski definition) is 3. The predicted molar refractivity (Wildman–Crippen MR) is 70.2 cm³/mol. The van der Waals surface area contributed by atoms with Gasteiger partial charge in [0.25, 0.3) is 0 Å². The smallest absolute Gasteiger partial charge is 0.326 e. The minimum atomic E-state index is -3.30. The minimum absolute atomic E-state index is 0.437. The monoisotopic (exact) mass is 272 g/mol. The van der Waals surface area contributed by atoms with Crippen molar-refractivity contribution in [1.29, 1.82) is 0 Å². The van der Waals surface area contributed by atoms with E-state index in [2.05, 4.69) is 10.0 Å². The van der Waals surface area contributed by atoms with E-state index in [0.717, 1.165) is 6.26 Å². The van der Waals surface area contributed by atoms with E-state index in [-0.39, 0.29) is 0 Å². The first-order valence-corrected chi connectivity index (χ1v) is 7.28. The van der Waals surface area contributed by atoms with Crippen LogP contribution < -0.4 is 10.0 Å². The van der Waals surface area contributed by atoms with Crippen LogP contribution in [-0.2, 0) is 14.8 Å². The standard InChI is InChI=1S/C11H16N2O4S/c1-3-10(11(14)15)12-8-4-6-9(7-5-8)13-18(2,16)17/h4-7,10,12-13H,3H2,1-2H3,(H,14,15). The van der Waals surface area contributed by atoms with Crippen molar-refractivity contribution in [2.45, 2.75) is 19.4 Å². The molecule has 0 aromatic heterocycles. The summed E-state index contributed by atoms with van der Waals surface area (Å²) in [5, 5.41) is 11.7. The largest absolute Gasteiger partial charge is 0.480 e. The normalized spacial score (nSPS) is 12.8. The number of sulfonamides is 1. The van der Waals surface area contributed by atoms with Gasteiger partial charge in [0, 0.05) is 11.4 Å². The Morgan fingerprint density at radius 2 is 1.78 bits per heavy atom. The van der Waals surface area contributed by atoms with E-state index in [1.165, 1.54) is 0 Å². The fraction of sp³-hybridized carbons (Fsp3) is 0.364. The Morgan fingerprint density at radius 3 is 2.17 bits per heavy atom. The number of carbonyl (C=O) groups is 1. The third-order valence-corrected chi connectivity index (χ3v) is 2.84. The molecule has 0 aliphatic heterocycles. The quantitative estimate of drug-likeness (QED) is 0.726. The summed E-state index contributed by atoms with van der Waals surface area (Å²) in [6.45, 7) is 1.77. The third-order valence-electron chi connectivity index (χ3n) is 2.24. The molecule has 1 unspecified atom stereocenters. The van der Waals surface area contributed by atoms with Gasteiger partial charge in [0.2, 0.25) is 10.0 Å². The number of carboxylic acids is 1. The van der Waals surface area contributed by atoms with Crippen LogP contribution in [-0.4, -0.2) is 31.8 Å². The van der Waals surface area contributed by atoms with E-state index in [1.54, 1.807) is 31.2 Å². The molecule has 3 N–H and O–H groups in total. The molecule has 7 heteroatoms. The molecule has 100 valence electrons. The van der Waals surface area contributed by atoms with E-state index in [1.807, 2.05) is 0 Å². The van der Waals surface area contributed by atoms with Crippen molar-refractivity contribution >= 4 is 27.4 Å². The molecule has 0 heterocycles. The van der Waals surface area contributed by atoms with Crippen molar-refractivity contribution < 1.29 is 18.3 Å². The van der Waals surface area contributed by atoms with E-state index < -0.39 is 22.0 Å². The van der Waals surface area contributed by atoms with Gasteiger partial charge in [-0.25, -0.2) is 13.2 Å². The molecule has 0 amide bonds. The average Bonchev–Trinajstić information content (AvgIpc) is 2.25. The fourth-order valence-corrected chi connectivity index (χ4v) is 1.95. The van der Waals surface area contributed by atoms with Gasteiger partial charge < -0.3 is 10.4 Å². The van der Waals surface area contributed by atoms with Gasteiger partial charge in [0.1, 0.15) is 6.04 Å². The molecule has 6 nitrogen and oxygen atoms in total. The summed E-state index contributed by atoms with van der Waals surface area (Å²) in [7, 11) is -3.30. The van der Waals surface area contributed by atoms with E-state index in [4.69, 9.17) is 5.11 Å². The lowest BCUT2D eigenvalue weighted by molar-refractivity contribution is -0.137. The molecule has 0 spiro atoms. The SMILES string of the molecule is CCC(Nc1ccc(NS(C)(=O)=O)cc1)C(=O)O. The van der Waals surface area contributed by atoms with Gasteiger partial charge in [0.05, 0.1) is 6.26 Å². The van der Waals surface area contributed by atoms with Crippen LogP contribution in [0.5, 0.6) is 0 Å². The number of hydrogen-bond acceptors (Lipinski definition) is 4. The number of benzene rings is 1. The highest BCUT2D eigenvalue weighted by atomic mass is 32.2. The Morgan fingerprint density at radius 1 is 1.28 bits per heavy atom. The Labute approximate surface area is 106 Å². The van der Waals surface area contributed by atoms with Crippen LogP contribution in [0, 0.1) is 0 Å². The highest BCUT2D eigenvalue weighted by Gasteiger charge is 2.14. The zero-order valence-corrected chi connectivity index (χ0v) is 11.0. The predicted octanol–water partition coefficient (Wildman–Crippen LogP) is 1.33. The lowest BCUT2D eigenvalue weighted by Gasteiger charge is -2.14. The molecule has 0 saturated heterocycles. The number of aliphatic carboxylic acids is 1. The Hall–Kier alpha value is -1.76. The Balaban J connectivity index is 2.74. The van der Waals surface area contributed by atoms with Crippen LogP contribution in [0.4, 0.5) is 11.4 Å². The van der Waals surface area contributed by atoms with E-state index in [9.17, 15) is 13.2 Å². The summed E-state index contributed by atoms with van der Waals surface area (Å²) >= 11 is 0. The van der Waals surface area contributed by atoms with Crippen LogP contribution in [0.25, 0.3) is 0 Å². The maximum atomic E-state index is 11.0. The molecular formula is C11H16N2O4S. The molecule has 1 aromatic carbocycles. The second-order valence-corrected chi connectivity index (χ2v) is 5.64. The van der Waals surface area contributed by atoms with Gasteiger partial charge in [-0.3, -0.25) is 4.72 Å². The van der Waals surface area contributed by atoms with Crippen molar-refractivity contribution in [3.8, 4) is 0 Å². The third kappa shape index (κ3) is 4.62. The Kier molecular flexibility index (Phi) is 4.55. The van der Waals surface area contributed by atoms with Gasteiger partial charge in [-0.2, -0.15) is 0 Å². The lowest BCUT2D eigenvalue weighted by atomic mass is 10.2. The highest BCUT2D eigenvalue weighted by molar-refractivity contribution is 7.92. The molecular weight excluding hydrogens is 256 g/mol. The van der Waals surface area contributed by atoms with Gasteiger partial charge in [0.15, 0.2) is 0 Å². The molecule has 0 saturated carbocycles. The summed E-state index contributed by atoms with van der Waals surface area (Å²) in [5.74, 6) is -0.921. The van der Waals surface area contributed by atoms with Crippen molar-refractivity contribution in [3.05, 3.63) is 24.3 Å². The van der Waals surface area contributed by atoms with Crippen LogP contribution in [0.1, 0.15) is 13.3 Å². The fourth-order valence-electron chi connectivity index (χ4n) is 1.39. The molecule has 18 heavy (non-hydrogen) atoms. The first-order valence-electron chi connectivity index (χ1n) is 5.39. The molecule has 0 fully saturated rings. The second-order valence-electron chi connectivity index (χ2n) is 3.89. The number of anilines is 2. The zero-order valence-electron chi connectivity index (χ0n) is 10.2. The molecule has 1 aromatic rings. The average molecular weight is 272 g/mol. The number of rotatable bonds is 6. The van der Waals surface area contributed by atoms with Crippen LogP contribution in [0.15, 0.2) is 24.3 Å². The summed E-state index contributed by atoms with van der Waals surface area (Å²) in [5.41, 5.74) is 1.06. The van der Waals surface area contributed by atoms with Gasteiger partial charge in [-0.1, -0.05) is 6.92 Å². The number of nitrogens with one attached hydrogen (secondary N) is 2. The molecule has 1 rings (SSSR count). The zero-order chi connectivity index (χ0) is 13.8. The molecule has 1 atom stereocenters. The van der Waals surface area contributed by atoms with E-state index in [0.29, 0.717) is 17.8 Å². The summed E-state index contributed by atoms with van der Waals surface area (Å²) in [4.78, 5) is 10.8. The van der Waals surface area contributed by atoms with Crippen molar-refractivity contribution in [2.75, 3.05) is 16.3 Å². The van der Waals surface area contributed by atoms with Gasteiger partial charge in [-0.15, -0.1) is 0 Å². The van der Waals surface area contributed by atoms with E-state index >= 15 is 0 Å². The van der Waals surface area contributed by atoms with Crippen LogP contribution in [0.2, 0.25) is 0 Å².